The van der Waals surface area contributed by atoms with Gasteiger partial charge in [-0.15, -0.1) is 0 Å². The van der Waals surface area contributed by atoms with E-state index in [1.165, 1.54) is 5.56 Å². The molecule has 2 fully saturated rings. The monoisotopic (exact) mass is 401 g/mol. The minimum atomic E-state index is -3.43. The molecule has 1 aromatic carbocycles. The van der Waals surface area contributed by atoms with E-state index in [0.29, 0.717) is 35.9 Å². The Morgan fingerprint density at radius 1 is 1.25 bits per heavy atom. The maximum absolute atomic E-state index is 12.4. The highest BCUT2D eigenvalue weighted by atomic mass is 32.2. The van der Waals surface area contributed by atoms with Gasteiger partial charge in [0.05, 0.1) is 11.1 Å². The van der Waals surface area contributed by atoms with Gasteiger partial charge in [-0.2, -0.15) is 0 Å². The summed E-state index contributed by atoms with van der Waals surface area (Å²) in [6.45, 7) is 4.15. The first-order chi connectivity index (χ1) is 13.5. The molecule has 7 heteroatoms. The van der Waals surface area contributed by atoms with Crippen LogP contribution >= 0.6 is 0 Å². The fourth-order valence-electron chi connectivity index (χ4n) is 3.56. The Kier molecular flexibility index (Phi) is 5.66. The van der Waals surface area contributed by atoms with E-state index in [1.54, 1.807) is 18.3 Å². The quantitative estimate of drug-likeness (QED) is 0.675. The van der Waals surface area contributed by atoms with Gasteiger partial charge in [0.25, 0.3) is 0 Å². The first-order valence-electron chi connectivity index (χ1n) is 9.89. The highest BCUT2D eigenvalue weighted by Gasteiger charge is 2.38. The smallest absolute Gasteiger partial charge is 0.240 e. The van der Waals surface area contributed by atoms with Crippen molar-refractivity contribution in [1.29, 1.82) is 0 Å². The number of hydrogen-bond donors (Lipinski definition) is 2. The van der Waals surface area contributed by atoms with Crippen molar-refractivity contribution in [1.82, 2.24) is 15.0 Å². The van der Waals surface area contributed by atoms with Crippen molar-refractivity contribution in [3.8, 4) is 5.75 Å². The Hall–Kier alpha value is -1.96. The number of sulfonamides is 1. The highest BCUT2D eigenvalue weighted by Crippen LogP contribution is 2.49. The first-order valence-corrected chi connectivity index (χ1v) is 11.4. The number of rotatable bonds is 9. The lowest BCUT2D eigenvalue weighted by molar-refractivity contribution is 0.217. The average Bonchev–Trinajstić information content (AvgIpc) is 3.40. The van der Waals surface area contributed by atoms with E-state index in [4.69, 9.17) is 4.74 Å². The molecule has 28 heavy (non-hydrogen) atoms. The third-order valence-electron chi connectivity index (χ3n) is 5.60. The summed E-state index contributed by atoms with van der Waals surface area (Å²) >= 11 is 0. The molecule has 2 aliphatic rings. The van der Waals surface area contributed by atoms with Crippen molar-refractivity contribution in [2.24, 2.45) is 5.92 Å². The van der Waals surface area contributed by atoms with Crippen LogP contribution in [0.5, 0.6) is 5.75 Å². The second-order valence-corrected chi connectivity index (χ2v) is 9.57. The average molecular weight is 402 g/mol. The summed E-state index contributed by atoms with van der Waals surface area (Å²) in [4.78, 5) is 4.63. The predicted molar refractivity (Wildman–Crippen MR) is 108 cm³/mol. The van der Waals surface area contributed by atoms with Gasteiger partial charge in [0.2, 0.25) is 10.0 Å². The van der Waals surface area contributed by atoms with Crippen LogP contribution in [-0.4, -0.2) is 39.1 Å². The van der Waals surface area contributed by atoms with Gasteiger partial charge in [0.15, 0.2) is 0 Å². The van der Waals surface area contributed by atoms with Crippen molar-refractivity contribution >= 4 is 10.0 Å². The highest BCUT2D eigenvalue weighted by molar-refractivity contribution is 7.89. The lowest BCUT2D eigenvalue weighted by Crippen LogP contribution is -2.46. The Morgan fingerprint density at radius 2 is 2.04 bits per heavy atom. The zero-order valence-electron chi connectivity index (χ0n) is 16.1. The van der Waals surface area contributed by atoms with E-state index in [-0.39, 0.29) is 0 Å². The second kappa shape index (κ2) is 8.19. The first kappa shape index (κ1) is 19.4. The molecule has 2 aromatic rings. The molecule has 1 aliphatic heterocycles. The molecule has 0 radical (unpaired) electrons. The Balaban J connectivity index is 1.25. The zero-order valence-corrected chi connectivity index (χ0v) is 16.9. The standard InChI is InChI=1S/C21H27N3O3S/c1-15-2-4-20(5-3-15)28(25,26)24-9-6-16-11-21(16)17-10-19(13-22-12-17)27-14-18-7-8-23-18/h2-5,10,12-13,16,18,21,23-24H,6-9,11,14H2,1H3. The largest absolute Gasteiger partial charge is 0.490 e. The molecule has 2 heterocycles. The molecule has 0 bridgehead atoms. The van der Waals surface area contributed by atoms with Gasteiger partial charge in [-0.1, -0.05) is 17.7 Å². The summed E-state index contributed by atoms with van der Waals surface area (Å²) in [5.74, 6) is 1.75. The lowest BCUT2D eigenvalue weighted by atomic mass is 10.1. The van der Waals surface area contributed by atoms with Crippen LogP contribution in [0.15, 0.2) is 47.6 Å². The number of pyridine rings is 1. The van der Waals surface area contributed by atoms with Crippen LogP contribution in [0.4, 0.5) is 0 Å². The molecule has 1 saturated carbocycles. The molecular formula is C21H27N3O3S. The van der Waals surface area contributed by atoms with Gasteiger partial charge in [0, 0.05) is 18.8 Å². The van der Waals surface area contributed by atoms with Gasteiger partial charge in [-0.25, -0.2) is 13.1 Å². The van der Waals surface area contributed by atoms with Crippen LogP contribution in [0, 0.1) is 12.8 Å². The third kappa shape index (κ3) is 4.71. The molecule has 3 unspecified atom stereocenters. The minimum absolute atomic E-state index is 0.320. The van der Waals surface area contributed by atoms with Gasteiger partial charge in [-0.3, -0.25) is 4.98 Å². The van der Waals surface area contributed by atoms with Crippen LogP contribution in [0.25, 0.3) is 0 Å². The number of ether oxygens (including phenoxy) is 1. The molecule has 2 N–H and O–H groups in total. The number of hydrogen-bond acceptors (Lipinski definition) is 5. The van der Waals surface area contributed by atoms with Crippen molar-refractivity contribution < 1.29 is 13.2 Å². The number of nitrogens with zero attached hydrogens (tertiary/aromatic N) is 1. The molecule has 0 amide bonds. The number of nitrogens with one attached hydrogen (secondary N) is 2. The van der Waals surface area contributed by atoms with Crippen molar-refractivity contribution in [3.63, 3.8) is 0 Å². The Labute approximate surface area is 166 Å². The van der Waals surface area contributed by atoms with Crippen LogP contribution in [0.2, 0.25) is 0 Å². The zero-order chi connectivity index (χ0) is 19.6. The summed E-state index contributed by atoms with van der Waals surface area (Å²) < 4.78 is 33.3. The number of aryl methyl sites for hydroxylation is 1. The van der Waals surface area contributed by atoms with E-state index in [0.717, 1.165) is 37.1 Å². The molecule has 6 nitrogen and oxygen atoms in total. The molecular weight excluding hydrogens is 374 g/mol. The fraction of sp³-hybridized carbons (Fsp3) is 0.476. The number of benzene rings is 1. The van der Waals surface area contributed by atoms with Crippen LogP contribution in [-0.2, 0) is 10.0 Å². The Morgan fingerprint density at radius 3 is 2.75 bits per heavy atom. The Bertz CT molecular complexity index is 911. The van der Waals surface area contributed by atoms with Crippen molar-refractivity contribution in [2.75, 3.05) is 19.7 Å². The van der Waals surface area contributed by atoms with Gasteiger partial charge in [0.1, 0.15) is 12.4 Å². The maximum atomic E-state index is 12.4. The summed E-state index contributed by atoms with van der Waals surface area (Å²) in [5.41, 5.74) is 2.23. The molecule has 4 rings (SSSR count). The SMILES string of the molecule is Cc1ccc(S(=O)(=O)NCCC2CC2c2cncc(OCC3CCN3)c2)cc1. The van der Waals surface area contributed by atoms with Crippen molar-refractivity contribution in [3.05, 3.63) is 53.9 Å². The maximum Gasteiger partial charge on any atom is 0.240 e. The fourth-order valence-corrected chi connectivity index (χ4v) is 4.61. The van der Waals surface area contributed by atoms with E-state index in [2.05, 4.69) is 21.1 Å². The van der Waals surface area contributed by atoms with Gasteiger partial charge >= 0.3 is 0 Å². The van der Waals surface area contributed by atoms with Crippen LogP contribution in [0.1, 0.15) is 36.3 Å². The van der Waals surface area contributed by atoms with Crippen molar-refractivity contribution in [2.45, 2.75) is 43.0 Å². The van der Waals surface area contributed by atoms with Crippen LogP contribution in [0.3, 0.4) is 0 Å². The van der Waals surface area contributed by atoms with E-state index in [9.17, 15) is 8.42 Å². The lowest BCUT2D eigenvalue weighted by Gasteiger charge is -2.27. The van der Waals surface area contributed by atoms with E-state index < -0.39 is 10.0 Å². The summed E-state index contributed by atoms with van der Waals surface area (Å²) in [7, 11) is -3.43. The van der Waals surface area contributed by atoms with E-state index >= 15 is 0 Å². The molecule has 1 aliphatic carbocycles. The molecule has 0 spiro atoms. The van der Waals surface area contributed by atoms with E-state index in [1.807, 2.05) is 25.3 Å². The minimum Gasteiger partial charge on any atom is -0.490 e. The molecule has 1 aromatic heterocycles. The van der Waals surface area contributed by atoms with Crippen LogP contribution < -0.4 is 14.8 Å². The summed E-state index contributed by atoms with van der Waals surface area (Å²) in [6.07, 6.45) is 6.72. The summed E-state index contributed by atoms with van der Waals surface area (Å²) in [6, 6.07) is 9.46. The normalized spacial score (nSPS) is 23.8. The number of aromatic nitrogens is 1. The predicted octanol–water partition coefficient (Wildman–Crippen LogP) is 2.60. The van der Waals surface area contributed by atoms with Gasteiger partial charge < -0.3 is 10.1 Å². The molecule has 1 saturated heterocycles. The molecule has 3 atom stereocenters. The third-order valence-corrected chi connectivity index (χ3v) is 7.08. The summed E-state index contributed by atoms with van der Waals surface area (Å²) in [5, 5.41) is 3.32. The molecule has 150 valence electrons. The van der Waals surface area contributed by atoms with Gasteiger partial charge in [-0.05, 0) is 68.3 Å². The topological polar surface area (TPSA) is 80.3 Å². The second-order valence-electron chi connectivity index (χ2n) is 7.81.